The van der Waals surface area contributed by atoms with Crippen molar-refractivity contribution in [2.45, 2.75) is 25.7 Å². The van der Waals surface area contributed by atoms with Crippen LogP contribution in [-0.2, 0) is 0 Å². The Morgan fingerprint density at radius 3 is 2.38 bits per heavy atom. The lowest BCUT2D eigenvalue weighted by atomic mass is 9.97. The summed E-state index contributed by atoms with van der Waals surface area (Å²) in [5.41, 5.74) is 2.31. The second-order valence-corrected chi connectivity index (χ2v) is 9.86. The summed E-state index contributed by atoms with van der Waals surface area (Å²) in [4.78, 5) is 17.1. The van der Waals surface area contributed by atoms with Crippen molar-refractivity contribution in [1.29, 1.82) is 0 Å². The highest BCUT2D eigenvalue weighted by molar-refractivity contribution is 7.22. The molecule has 0 saturated carbocycles. The average molecular weight is 472 g/mol. The Bertz CT molecular complexity index is 1260. The topological polar surface area (TPSA) is 49.8 Å². The number of hydrogen-bond acceptors (Lipinski definition) is 5. The van der Waals surface area contributed by atoms with Crippen molar-refractivity contribution in [1.82, 2.24) is 4.90 Å². The van der Waals surface area contributed by atoms with Crippen LogP contribution in [-0.4, -0.2) is 42.0 Å². The normalized spacial score (nSPS) is 14.7. The van der Waals surface area contributed by atoms with E-state index in [0.717, 1.165) is 45.9 Å². The fourth-order valence-electron chi connectivity index (χ4n) is 4.60. The quantitative estimate of drug-likeness (QED) is 0.303. The predicted octanol–water partition coefficient (Wildman–Crippen LogP) is 6.76. The van der Waals surface area contributed by atoms with Gasteiger partial charge in [0.05, 0.1) is 0 Å². The van der Waals surface area contributed by atoms with Crippen LogP contribution in [0.25, 0.3) is 20.5 Å². The lowest BCUT2D eigenvalue weighted by Crippen LogP contribution is -2.29. The Morgan fingerprint density at radius 1 is 0.912 bits per heavy atom. The minimum atomic E-state index is -0.0214. The highest BCUT2D eigenvalue weighted by Gasteiger charge is 2.22. The Kier molecular flexibility index (Phi) is 6.93. The molecule has 5 rings (SSSR count). The Morgan fingerprint density at radius 2 is 1.65 bits per heavy atom. The molecule has 34 heavy (non-hydrogen) atoms. The summed E-state index contributed by atoms with van der Waals surface area (Å²) < 4.78 is 6.87. The van der Waals surface area contributed by atoms with Gasteiger partial charge in [-0.05, 0) is 74.0 Å². The summed E-state index contributed by atoms with van der Waals surface area (Å²) in [6.45, 7) is 3.92. The van der Waals surface area contributed by atoms with Gasteiger partial charge in [-0.2, -0.15) is 0 Å². The van der Waals surface area contributed by atoms with E-state index in [1.54, 1.807) is 12.1 Å². The first-order valence-corrected chi connectivity index (χ1v) is 12.8. The molecule has 0 atom stereocenters. The second-order valence-electron chi connectivity index (χ2n) is 8.81. The van der Waals surface area contributed by atoms with Crippen molar-refractivity contribution < 1.29 is 14.6 Å². The monoisotopic (exact) mass is 471 g/mol. The third-order valence-electron chi connectivity index (χ3n) is 6.43. The van der Waals surface area contributed by atoms with E-state index >= 15 is 0 Å². The van der Waals surface area contributed by atoms with Gasteiger partial charge in [-0.3, -0.25) is 9.69 Å². The van der Waals surface area contributed by atoms with Crippen LogP contribution in [0.4, 0.5) is 0 Å². The molecule has 1 N–H and O–H groups in total. The number of phenols is 1. The van der Waals surface area contributed by atoms with Gasteiger partial charge in [0.15, 0.2) is 5.78 Å². The fraction of sp³-hybridized carbons (Fsp3) is 0.276. The van der Waals surface area contributed by atoms with Gasteiger partial charge in [-0.25, -0.2) is 0 Å². The molecule has 0 amide bonds. The number of nitrogens with zero attached hydrogens (tertiary/aromatic N) is 1. The number of fused-ring (bicyclic) bond motifs is 1. The Balaban J connectivity index is 1.35. The zero-order valence-electron chi connectivity index (χ0n) is 19.2. The third-order valence-corrected chi connectivity index (χ3v) is 7.63. The first kappa shape index (κ1) is 22.6. The van der Waals surface area contributed by atoms with Gasteiger partial charge in [0.1, 0.15) is 18.1 Å². The predicted molar refractivity (Wildman–Crippen MR) is 139 cm³/mol. The number of aromatic hydroxyl groups is 1. The molecule has 1 aliphatic heterocycles. The highest BCUT2D eigenvalue weighted by Crippen LogP contribution is 2.41. The molecule has 174 valence electrons. The van der Waals surface area contributed by atoms with Crippen molar-refractivity contribution in [3.05, 3.63) is 83.9 Å². The van der Waals surface area contributed by atoms with Crippen molar-refractivity contribution in [2.75, 3.05) is 26.2 Å². The first-order chi connectivity index (χ1) is 16.7. The first-order valence-electron chi connectivity index (χ1n) is 12.0. The van der Waals surface area contributed by atoms with Crippen LogP contribution in [0.1, 0.15) is 41.6 Å². The van der Waals surface area contributed by atoms with E-state index in [1.165, 1.54) is 37.0 Å². The standard InChI is InChI=1S/C29H29NO3S/c31-23-12-15-25-26(20-23)34-29(22-8-4-3-5-9-22)27(25)28(32)21-10-13-24(14-11-21)33-19-18-30-16-6-1-2-7-17-30/h3-5,8-15,20,31H,1-2,6-7,16-19H2. The number of carbonyl (C=O) groups is 1. The SMILES string of the molecule is O=C(c1ccc(OCCN2CCCCCC2)cc1)c1c(-c2ccccc2)sc2cc(O)ccc12. The van der Waals surface area contributed by atoms with Crippen LogP contribution < -0.4 is 4.74 Å². The van der Waals surface area contributed by atoms with Gasteiger partial charge < -0.3 is 9.84 Å². The molecule has 0 spiro atoms. The minimum Gasteiger partial charge on any atom is -0.508 e. The molecule has 4 nitrogen and oxygen atoms in total. The molecule has 0 aliphatic carbocycles. The largest absolute Gasteiger partial charge is 0.508 e. The molecule has 1 fully saturated rings. The lowest BCUT2D eigenvalue weighted by molar-refractivity contribution is 0.104. The number of ketones is 1. The third kappa shape index (κ3) is 5.01. The van der Waals surface area contributed by atoms with Gasteiger partial charge in [-0.1, -0.05) is 43.2 Å². The van der Waals surface area contributed by atoms with Gasteiger partial charge in [0, 0.05) is 32.6 Å². The number of thiophene rings is 1. The molecule has 2 heterocycles. The minimum absolute atomic E-state index is 0.0214. The maximum Gasteiger partial charge on any atom is 0.195 e. The van der Waals surface area contributed by atoms with Crippen LogP contribution in [0, 0.1) is 0 Å². The van der Waals surface area contributed by atoms with E-state index in [0.29, 0.717) is 17.7 Å². The molecule has 1 saturated heterocycles. The van der Waals surface area contributed by atoms with Crippen LogP contribution >= 0.6 is 11.3 Å². The van der Waals surface area contributed by atoms with E-state index in [2.05, 4.69) is 4.90 Å². The van der Waals surface area contributed by atoms with Crippen LogP contribution in [0.15, 0.2) is 72.8 Å². The molecule has 0 radical (unpaired) electrons. The summed E-state index contributed by atoms with van der Waals surface area (Å²) in [5.74, 6) is 0.968. The summed E-state index contributed by atoms with van der Waals surface area (Å²) in [6, 6.07) is 22.6. The number of carbonyl (C=O) groups excluding carboxylic acids is 1. The van der Waals surface area contributed by atoms with Gasteiger partial charge in [0.25, 0.3) is 0 Å². The number of benzene rings is 3. The molecular formula is C29H29NO3S. The van der Waals surface area contributed by atoms with Crippen molar-refractivity contribution in [3.8, 4) is 21.9 Å². The number of rotatable bonds is 7. The van der Waals surface area contributed by atoms with E-state index in [4.69, 9.17) is 4.74 Å². The Labute approximate surface area is 204 Å². The summed E-state index contributed by atoms with van der Waals surface area (Å²) in [5, 5.41) is 10.8. The van der Waals surface area contributed by atoms with Crippen molar-refractivity contribution in [2.24, 2.45) is 0 Å². The second kappa shape index (κ2) is 10.4. The molecular weight excluding hydrogens is 442 g/mol. The van der Waals surface area contributed by atoms with Crippen molar-refractivity contribution in [3.63, 3.8) is 0 Å². The number of phenolic OH excluding ortho intramolecular Hbond substituents is 1. The van der Waals surface area contributed by atoms with Crippen LogP contribution in [0.2, 0.25) is 0 Å². The van der Waals surface area contributed by atoms with Crippen LogP contribution in [0.5, 0.6) is 11.5 Å². The van der Waals surface area contributed by atoms with E-state index in [-0.39, 0.29) is 11.5 Å². The zero-order chi connectivity index (χ0) is 23.3. The lowest BCUT2D eigenvalue weighted by Gasteiger charge is -2.19. The molecule has 5 heteroatoms. The molecule has 4 aromatic rings. The van der Waals surface area contributed by atoms with E-state index < -0.39 is 0 Å². The number of likely N-dealkylation sites (tertiary alicyclic amines) is 1. The smallest absolute Gasteiger partial charge is 0.195 e. The van der Waals surface area contributed by atoms with Gasteiger partial charge in [0.2, 0.25) is 0 Å². The zero-order valence-corrected chi connectivity index (χ0v) is 20.0. The van der Waals surface area contributed by atoms with E-state index in [9.17, 15) is 9.90 Å². The van der Waals surface area contributed by atoms with Gasteiger partial charge >= 0.3 is 0 Å². The number of hydrogen-bond donors (Lipinski definition) is 1. The molecule has 3 aromatic carbocycles. The highest BCUT2D eigenvalue weighted by atomic mass is 32.1. The molecule has 0 unspecified atom stereocenters. The number of ether oxygens (including phenoxy) is 1. The summed E-state index contributed by atoms with van der Waals surface area (Å²) in [7, 11) is 0. The summed E-state index contributed by atoms with van der Waals surface area (Å²) in [6.07, 6.45) is 5.22. The van der Waals surface area contributed by atoms with Crippen LogP contribution in [0.3, 0.4) is 0 Å². The maximum atomic E-state index is 13.7. The molecule has 1 aliphatic rings. The fourth-order valence-corrected chi connectivity index (χ4v) is 5.84. The maximum absolute atomic E-state index is 13.7. The van der Waals surface area contributed by atoms with E-state index in [1.807, 2.05) is 60.7 Å². The summed E-state index contributed by atoms with van der Waals surface area (Å²) >= 11 is 1.53. The van der Waals surface area contributed by atoms with Crippen molar-refractivity contribution >= 4 is 27.2 Å². The molecule has 1 aromatic heterocycles. The van der Waals surface area contributed by atoms with Gasteiger partial charge in [-0.15, -0.1) is 11.3 Å². The average Bonchev–Trinajstić information content (AvgIpc) is 3.04. The Hall–Kier alpha value is -3.15. The molecule has 0 bridgehead atoms.